The highest BCUT2D eigenvalue weighted by molar-refractivity contribution is 5.96. The fourth-order valence-electron chi connectivity index (χ4n) is 1.90. The molecule has 1 aromatic carbocycles. The third-order valence-corrected chi connectivity index (χ3v) is 3.06. The average Bonchev–Trinajstić information content (AvgIpc) is 3.02. The quantitative estimate of drug-likeness (QED) is 0.750. The molecule has 0 aliphatic rings. The Hall–Kier alpha value is -2.77. The standard InChI is InChI=1S/C15H16F2N4O2/c16-11-2-3-12(13(17)8-11)15(23)20-9-14(22)19-4-1-6-21-7-5-18-10-21/h2-3,5,7-8,10H,1,4,6,9H2,(H,19,22)(H,20,23). The monoisotopic (exact) mass is 322 g/mol. The van der Waals surface area contributed by atoms with Crippen LogP contribution >= 0.6 is 0 Å². The molecule has 1 aromatic heterocycles. The minimum Gasteiger partial charge on any atom is -0.355 e. The summed E-state index contributed by atoms with van der Waals surface area (Å²) in [7, 11) is 0. The molecule has 0 aliphatic heterocycles. The maximum absolute atomic E-state index is 13.4. The van der Waals surface area contributed by atoms with Crippen LogP contribution in [0.1, 0.15) is 16.8 Å². The SMILES string of the molecule is O=C(CNC(=O)c1ccc(F)cc1F)NCCCn1ccnc1. The van der Waals surface area contributed by atoms with Crippen molar-refractivity contribution < 1.29 is 18.4 Å². The van der Waals surface area contributed by atoms with E-state index in [4.69, 9.17) is 0 Å². The van der Waals surface area contributed by atoms with Gasteiger partial charge in [-0.2, -0.15) is 0 Å². The molecular formula is C15H16F2N4O2. The van der Waals surface area contributed by atoms with E-state index in [1.807, 2.05) is 10.8 Å². The molecule has 0 unspecified atom stereocenters. The van der Waals surface area contributed by atoms with Gasteiger partial charge in [0, 0.05) is 31.5 Å². The van der Waals surface area contributed by atoms with Gasteiger partial charge < -0.3 is 15.2 Å². The van der Waals surface area contributed by atoms with Crippen molar-refractivity contribution in [3.8, 4) is 0 Å². The summed E-state index contributed by atoms with van der Waals surface area (Å²) in [5.74, 6) is -2.89. The Morgan fingerprint density at radius 1 is 1.22 bits per heavy atom. The minimum absolute atomic E-state index is 0.277. The van der Waals surface area contributed by atoms with Crippen molar-refractivity contribution in [2.75, 3.05) is 13.1 Å². The molecule has 1 heterocycles. The van der Waals surface area contributed by atoms with Gasteiger partial charge in [0.05, 0.1) is 18.4 Å². The molecule has 23 heavy (non-hydrogen) atoms. The van der Waals surface area contributed by atoms with E-state index in [1.54, 1.807) is 12.5 Å². The maximum Gasteiger partial charge on any atom is 0.254 e. The van der Waals surface area contributed by atoms with Crippen LogP contribution in [0.2, 0.25) is 0 Å². The second-order valence-corrected chi connectivity index (χ2v) is 4.81. The first-order valence-corrected chi connectivity index (χ1v) is 7.02. The molecule has 122 valence electrons. The number of carbonyl (C=O) groups excluding carboxylic acids is 2. The predicted octanol–water partition coefficient (Wildman–Crippen LogP) is 1.10. The summed E-state index contributed by atoms with van der Waals surface area (Å²) in [6.07, 6.45) is 5.88. The van der Waals surface area contributed by atoms with Gasteiger partial charge in [-0.25, -0.2) is 13.8 Å². The molecule has 2 rings (SSSR count). The van der Waals surface area contributed by atoms with E-state index in [-0.39, 0.29) is 18.0 Å². The molecule has 2 amide bonds. The van der Waals surface area contributed by atoms with E-state index in [0.29, 0.717) is 25.6 Å². The Bertz CT molecular complexity index is 674. The number of nitrogens with one attached hydrogen (secondary N) is 2. The van der Waals surface area contributed by atoms with Crippen molar-refractivity contribution in [1.82, 2.24) is 20.2 Å². The summed E-state index contributed by atoms with van der Waals surface area (Å²) in [5, 5.41) is 4.92. The van der Waals surface area contributed by atoms with Crippen molar-refractivity contribution >= 4 is 11.8 Å². The lowest BCUT2D eigenvalue weighted by molar-refractivity contribution is -0.120. The van der Waals surface area contributed by atoms with Gasteiger partial charge >= 0.3 is 0 Å². The molecule has 2 aromatic rings. The zero-order chi connectivity index (χ0) is 16.7. The van der Waals surface area contributed by atoms with E-state index in [0.717, 1.165) is 12.1 Å². The van der Waals surface area contributed by atoms with Gasteiger partial charge in [0.2, 0.25) is 5.91 Å². The first kappa shape index (κ1) is 16.6. The van der Waals surface area contributed by atoms with Crippen molar-refractivity contribution in [2.24, 2.45) is 0 Å². The van der Waals surface area contributed by atoms with Crippen LogP contribution in [-0.4, -0.2) is 34.5 Å². The molecule has 6 nitrogen and oxygen atoms in total. The van der Waals surface area contributed by atoms with Gasteiger partial charge in [-0.3, -0.25) is 9.59 Å². The average molecular weight is 322 g/mol. The molecule has 0 atom stereocenters. The number of aryl methyl sites for hydroxylation is 1. The smallest absolute Gasteiger partial charge is 0.254 e. The minimum atomic E-state index is -0.969. The van der Waals surface area contributed by atoms with E-state index >= 15 is 0 Å². The summed E-state index contributed by atoms with van der Waals surface area (Å²) >= 11 is 0. The lowest BCUT2D eigenvalue weighted by Crippen LogP contribution is -2.37. The first-order chi connectivity index (χ1) is 11.1. The highest BCUT2D eigenvalue weighted by Gasteiger charge is 2.13. The zero-order valence-corrected chi connectivity index (χ0v) is 12.3. The molecule has 2 N–H and O–H groups in total. The second kappa shape index (κ2) is 8.02. The Kier molecular flexibility index (Phi) is 5.79. The molecule has 0 bridgehead atoms. The Morgan fingerprint density at radius 2 is 2.04 bits per heavy atom. The second-order valence-electron chi connectivity index (χ2n) is 4.81. The van der Waals surface area contributed by atoms with E-state index < -0.39 is 17.5 Å². The van der Waals surface area contributed by atoms with E-state index in [1.165, 1.54) is 0 Å². The molecule has 8 heteroatoms. The zero-order valence-electron chi connectivity index (χ0n) is 12.3. The number of nitrogens with zero attached hydrogens (tertiary/aromatic N) is 2. The fourth-order valence-corrected chi connectivity index (χ4v) is 1.90. The van der Waals surface area contributed by atoms with Crippen molar-refractivity contribution in [3.05, 3.63) is 54.1 Å². The Balaban J connectivity index is 1.68. The number of hydrogen-bond acceptors (Lipinski definition) is 3. The van der Waals surface area contributed by atoms with E-state index in [9.17, 15) is 18.4 Å². The first-order valence-electron chi connectivity index (χ1n) is 7.02. The molecular weight excluding hydrogens is 306 g/mol. The third kappa shape index (κ3) is 5.17. The van der Waals surface area contributed by atoms with Crippen LogP contribution in [0, 0.1) is 11.6 Å². The van der Waals surface area contributed by atoms with Crippen LogP contribution in [0.5, 0.6) is 0 Å². The van der Waals surface area contributed by atoms with Gasteiger partial charge in [-0.1, -0.05) is 0 Å². The number of amides is 2. The van der Waals surface area contributed by atoms with Gasteiger partial charge in [0.15, 0.2) is 0 Å². The van der Waals surface area contributed by atoms with Crippen LogP contribution in [0.4, 0.5) is 8.78 Å². The van der Waals surface area contributed by atoms with Crippen LogP contribution < -0.4 is 10.6 Å². The van der Waals surface area contributed by atoms with Gasteiger partial charge in [0.25, 0.3) is 5.91 Å². The van der Waals surface area contributed by atoms with Gasteiger partial charge in [0.1, 0.15) is 11.6 Å². The Morgan fingerprint density at radius 3 is 2.74 bits per heavy atom. The fraction of sp³-hybridized carbons (Fsp3) is 0.267. The summed E-state index contributed by atoms with van der Waals surface area (Å²) in [4.78, 5) is 27.2. The number of halogens is 2. The van der Waals surface area contributed by atoms with Gasteiger partial charge in [-0.15, -0.1) is 0 Å². The summed E-state index contributed by atoms with van der Waals surface area (Å²) < 4.78 is 28.0. The largest absolute Gasteiger partial charge is 0.355 e. The number of rotatable bonds is 7. The summed E-state index contributed by atoms with van der Waals surface area (Å²) in [5.41, 5.74) is -0.306. The van der Waals surface area contributed by atoms with Crippen LogP contribution in [0.25, 0.3) is 0 Å². The predicted molar refractivity (Wildman–Crippen MR) is 78.5 cm³/mol. The molecule has 0 spiro atoms. The van der Waals surface area contributed by atoms with Crippen LogP contribution in [0.3, 0.4) is 0 Å². The van der Waals surface area contributed by atoms with E-state index in [2.05, 4.69) is 15.6 Å². The highest BCUT2D eigenvalue weighted by atomic mass is 19.1. The lowest BCUT2D eigenvalue weighted by Gasteiger charge is -2.08. The normalized spacial score (nSPS) is 10.3. The maximum atomic E-state index is 13.4. The third-order valence-electron chi connectivity index (χ3n) is 3.06. The van der Waals surface area contributed by atoms with Gasteiger partial charge in [-0.05, 0) is 18.6 Å². The molecule has 0 radical (unpaired) electrons. The molecule has 0 saturated heterocycles. The molecule has 0 fully saturated rings. The number of aromatic nitrogens is 2. The lowest BCUT2D eigenvalue weighted by atomic mass is 10.2. The topological polar surface area (TPSA) is 76.0 Å². The number of benzene rings is 1. The number of hydrogen-bond donors (Lipinski definition) is 2. The molecule has 0 saturated carbocycles. The molecule has 0 aliphatic carbocycles. The van der Waals surface area contributed by atoms with Crippen molar-refractivity contribution in [1.29, 1.82) is 0 Å². The van der Waals surface area contributed by atoms with Crippen LogP contribution in [0.15, 0.2) is 36.9 Å². The summed E-state index contributed by atoms with van der Waals surface area (Å²) in [6.45, 7) is 0.881. The van der Waals surface area contributed by atoms with Crippen molar-refractivity contribution in [3.63, 3.8) is 0 Å². The summed E-state index contributed by atoms with van der Waals surface area (Å²) in [6, 6.07) is 2.63. The number of carbonyl (C=O) groups is 2. The van der Waals surface area contributed by atoms with Crippen LogP contribution in [-0.2, 0) is 11.3 Å². The Labute approximate surface area is 131 Å². The number of imidazole rings is 1. The highest BCUT2D eigenvalue weighted by Crippen LogP contribution is 2.08. The van der Waals surface area contributed by atoms with Crippen molar-refractivity contribution in [2.45, 2.75) is 13.0 Å².